The lowest BCUT2D eigenvalue weighted by Crippen LogP contribution is -2.13. The Morgan fingerprint density at radius 2 is 1.33 bits per heavy atom. The lowest BCUT2D eigenvalue weighted by molar-refractivity contribution is 0.301. The van der Waals surface area contributed by atoms with Crippen LogP contribution in [-0.2, 0) is 0 Å². The van der Waals surface area contributed by atoms with Crippen LogP contribution in [0.25, 0.3) is 16.2 Å². The van der Waals surface area contributed by atoms with Gasteiger partial charge in [-0.3, -0.25) is 0 Å². The van der Waals surface area contributed by atoms with Gasteiger partial charge in [0, 0.05) is 11.5 Å². The minimum atomic E-state index is 0.642. The minimum absolute atomic E-state index is 0.642. The van der Waals surface area contributed by atoms with Crippen molar-refractivity contribution in [1.82, 2.24) is 14.6 Å². The zero-order valence-corrected chi connectivity index (χ0v) is 23.6. The van der Waals surface area contributed by atoms with Crippen molar-refractivity contribution in [3.05, 3.63) is 41.0 Å². The molecule has 4 heteroatoms. The highest BCUT2D eigenvalue weighted by Crippen LogP contribution is 2.40. The molecule has 2 fully saturated rings. The van der Waals surface area contributed by atoms with Crippen molar-refractivity contribution in [2.24, 2.45) is 11.8 Å². The fourth-order valence-electron chi connectivity index (χ4n) is 6.79. The topological polar surface area (TPSA) is 30.2 Å². The standard InChI is InChI=1S/C32H47N3S/c1-3-5-7-9-24-11-15-26(16-12-24)27-19-21-28(22-20-27)30-23-35-32(33-30)36-31(34-35)29-17-13-25(14-18-29)10-8-6-4-2/h19-26,29H,3-18H2,1-2H3. The lowest BCUT2D eigenvalue weighted by atomic mass is 9.77. The van der Waals surface area contributed by atoms with Crippen LogP contribution in [0.15, 0.2) is 30.5 Å². The van der Waals surface area contributed by atoms with Gasteiger partial charge >= 0.3 is 0 Å². The van der Waals surface area contributed by atoms with E-state index in [0.717, 1.165) is 28.4 Å². The first kappa shape index (κ1) is 25.9. The second-order valence-electron chi connectivity index (χ2n) is 11.8. The van der Waals surface area contributed by atoms with Crippen LogP contribution in [0.3, 0.4) is 0 Å². The number of hydrogen-bond donors (Lipinski definition) is 0. The van der Waals surface area contributed by atoms with Gasteiger partial charge in [0.15, 0.2) is 0 Å². The van der Waals surface area contributed by atoms with Gasteiger partial charge in [0.1, 0.15) is 5.01 Å². The maximum atomic E-state index is 4.98. The maximum absolute atomic E-state index is 4.98. The third-order valence-corrected chi connectivity index (χ3v) is 10.3. The molecule has 0 bridgehead atoms. The van der Waals surface area contributed by atoms with E-state index in [1.54, 1.807) is 0 Å². The number of hydrogen-bond acceptors (Lipinski definition) is 3. The molecule has 0 radical (unpaired) electrons. The lowest BCUT2D eigenvalue weighted by Gasteiger charge is -2.29. The molecule has 0 saturated heterocycles. The fourth-order valence-corrected chi connectivity index (χ4v) is 7.84. The number of aromatic nitrogens is 3. The third kappa shape index (κ3) is 6.41. The van der Waals surface area contributed by atoms with E-state index >= 15 is 0 Å². The van der Waals surface area contributed by atoms with Crippen LogP contribution in [0.1, 0.15) is 139 Å². The molecule has 3 nitrogen and oxygen atoms in total. The highest BCUT2D eigenvalue weighted by molar-refractivity contribution is 7.16. The summed E-state index contributed by atoms with van der Waals surface area (Å²) in [4.78, 5) is 6.02. The fraction of sp³-hybridized carbons (Fsp3) is 0.688. The second-order valence-corrected chi connectivity index (χ2v) is 12.8. The van der Waals surface area contributed by atoms with Crippen LogP contribution in [0, 0.1) is 11.8 Å². The molecule has 0 amide bonds. The van der Waals surface area contributed by atoms with Crippen molar-refractivity contribution in [2.45, 2.75) is 128 Å². The molecule has 2 saturated carbocycles. The molecule has 0 N–H and O–H groups in total. The van der Waals surface area contributed by atoms with E-state index < -0.39 is 0 Å². The van der Waals surface area contributed by atoms with Crippen LogP contribution < -0.4 is 0 Å². The van der Waals surface area contributed by atoms with Crippen molar-refractivity contribution in [1.29, 1.82) is 0 Å². The molecule has 3 aromatic rings. The molecule has 0 aliphatic heterocycles. The van der Waals surface area contributed by atoms with E-state index in [0.29, 0.717) is 5.92 Å². The van der Waals surface area contributed by atoms with Crippen molar-refractivity contribution in [2.75, 3.05) is 0 Å². The van der Waals surface area contributed by atoms with Gasteiger partial charge in [-0.25, -0.2) is 9.50 Å². The summed E-state index contributed by atoms with van der Waals surface area (Å²) in [7, 11) is 0. The Morgan fingerprint density at radius 3 is 1.89 bits per heavy atom. The number of benzene rings is 1. The van der Waals surface area contributed by atoms with Crippen molar-refractivity contribution in [3.63, 3.8) is 0 Å². The molecule has 196 valence electrons. The van der Waals surface area contributed by atoms with Gasteiger partial charge in [0.2, 0.25) is 4.96 Å². The minimum Gasteiger partial charge on any atom is -0.217 e. The zero-order chi connectivity index (χ0) is 24.7. The molecule has 2 aliphatic carbocycles. The van der Waals surface area contributed by atoms with Gasteiger partial charge in [-0.2, -0.15) is 5.10 Å². The van der Waals surface area contributed by atoms with E-state index in [4.69, 9.17) is 10.1 Å². The smallest absolute Gasteiger partial charge is 0.212 e. The van der Waals surface area contributed by atoms with Crippen LogP contribution >= 0.6 is 11.3 Å². The van der Waals surface area contributed by atoms with Crippen molar-refractivity contribution >= 4 is 16.3 Å². The predicted molar refractivity (Wildman–Crippen MR) is 154 cm³/mol. The molecule has 0 unspecified atom stereocenters. The average molecular weight is 506 g/mol. The molecule has 36 heavy (non-hydrogen) atoms. The van der Waals surface area contributed by atoms with Crippen LogP contribution in [0.5, 0.6) is 0 Å². The number of imidazole rings is 1. The van der Waals surface area contributed by atoms with Gasteiger partial charge < -0.3 is 0 Å². The Morgan fingerprint density at radius 1 is 0.750 bits per heavy atom. The third-order valence-electron chi connectivity index (χ3n) is 9.21. The summed E-state index contributed by atoms with van der Waals surface area (Å²) in [6.45, 7) is 4.61. The average Bonchev–Trinajstić information content (AvgIpc) is 3.50. The van der Waals surface area contributed by atoms with E-state index in [1.165, 1.54) is 119 Å². The Bertz CT molecular complexity index is 1020. The van der Waals surface area contributed by atoms with Gasteiger partial charge in [-0.1, -0.05) is 101 Å². The van der Waals surface area contributed by atoms with Gasteiger partial charge in [-0.15, -0.1) is 0 Å². The van der Waals surface area contributed by atoms with E-state index in [-0.39, 0.29) is 0 Å². The van der Waals surface area contributed by atoms with Gasteiger partial charge in [0.25, 0.3) is 0 Å². The summed E-state index contributed by atoms with van der Waals surface area (Å²) in [6, 6.07) is 9.30. The molecular weight excluding hydrogens is 458 g/mol. The number of fused-ring (bicyclic) bond motifs is 1. The highest BCUT2D eigenvalue weighted by Gasteiger charge is 2.26. The molecule has 2 aliphatic rings. The Kier molecular flexibility index (Phi) is 9.16. The van der Waals surface area contributed by atoms with Crippen molar-refractivity contribution < 1.29 is 0 Å². The Labute approximate surface area is 223 Å². The van der Waals surface area contributed by atoms with E-state index in [1.807, 2.05) is 15.9 Å². The largest absolute Gasteiger partial charge is 0.217 e. The monoisotopic (exact) mass is 505 g/mol. The molecule has 2 aromatic heterocycles. The van der Waals surface area contributed by atoms with E-state index in [2.05, 4.69) is 44.3 Å². The number of rotatable bonds is 11. The SMILES string of the molecule is CCCCCC1CCC(c2ccc(-c3cn4nc(C5CCC(CCCCC)CC5)sc4n3)cc2)CC1. The van der Waals surface area contributed by atoms with Gasteiger partial charge in [-0.05, 0) is 74.7 Å². The molecule has 5 rings (SSSR count). The quantitative estimate of drug-likeness (QED) is 0.243. The summed E-state index contributed by atoms with van der Waals surface area (Å²) in [5.41, 5.74) is 3.81. The molecule has 1 aromatic carbocycles. The molecule has 0 spiro atoms. The molecule has 2 heterocycles. The van der Waals surface area contributed by atoms with E-state index in [9.17, 15) is 0 Å². The number of nitrogens with zero attached hydrogens (tertiary/aromatic N) is 3. The highest BCUT2D eigenvalue weighted by atomic mass is 32.1. The van der Waals surface area contributed by atoms with Crippen molar-refractivity contribution in [3.8, 4) is 11.3 Å². The first-order valence-electron chi connectivity index (χ1n) is 15.2. The summed E-state index contributed by atoms with van der Waals surface area (Å²) in [5, 5.41) is 6.28. The maximum Gasteiger partial charge on any atom is 0.212 e. The van der Waals surface area contributed by atoms with Crippen LogP contribution in [0.2, 0.25) is 0 Å². The summed E-state index contributed by atoms with van der Waals surface area (Å²) in [5.74, 6) is 3.32. The van der Waals surface area contributed by atoms with Gasteiger partial charge in [0.05, 0.1) is 11.9 Å². The summed E-state index contributed by atoms with van der Waals surface area (Å²) in [6.07, 6.45) is 24.3. The summed E-state index contributed by atoms with van der Waals surface area (Å²) < 4.78 is 2.04. The first-order chi connectivity index (χ1) is 17.7. The zero-order valence-electron chi connectivity index (χ0n) is 22.8. The van der Waals surface area contributed by atoms with Crippen LogP contribution in [-0.4, -0.2) is 14.6 Å². The molecule has 0 atom stereocenters. The Hall–Kier alpha value is -1.68. The second kappa shape index (κ2) is 12.7. The Balaban J connectivity index is 1.14. The summed E-state index contributed by atoms with van der Waals surface area (Å²) >= 11 is 1.82. The predicted octanol–water partition coefficient (Wildman–Crippen LogP) is 10.2. The van der Waals surface area contributed by atoms with Crippen LogP contribution in [0.4, 0.5) is 0 Å². The normalized spacial score (nSPS) is 24.9. The number of unbranched alkanes of at least 4 members (excludes halogenated alkanes) is 4. The molecular formula is C32H47N3S. The first-order valence-corrected chi connectivity index (χ1v) is 16.0.